The summed E-state index contributed by atoms with van der Waals surface area (Å²) in [7, 11) is 0. The van der Waals surface area contributed by atoms with E-state index in [-0.39, 0.29) is 12.4 Å². The summed E-state index contributed by atoms with van der Waals surface area (Å²) in [6.45, 7) is 12.4. The molecule has 0 rings (SSSR count). The SMILES string of the molecule is C=N/C(=C\C)CC(=O)OCC.CCC(C)CN. The Morgan fingerprint density at radius 2 is 2.12 bits per heavy atom. The van der Waals surface area contributed by atoms with Gasteiger partial charge < -0.3 is 10.5 Å². The van der Waals surface area contributed by atoms with E-state index in [0.29, 0.717) is 18.2 Å². The second-order valence-corrected chi connectivity index (χ2v) is 3.67. The highest BCUT2D eigenvalue weighted by Gasteiger charge is 2.02. The summed E-state index contributed by atoms with van der Waals surface area (Å²) in [5, 5.41) is 0. The molecule has 100 valence electrons. The lowest BCUT2D eigenvalue weighted by molar-refractivity contribution is -0.142. The molecule has 0 spiro atoms. The Morgan fingerprint density at radius 3 is 2.35 bits per heavy atom. The van der Waals surface area contributed by atoms with Crippen molar-refractivity contribution < 1.29 is 9.53 Å². The lowest BCUT2D eigenvalue weighted by Crippen LogP contribution is -2.08. The smallest absolute Gasteiger partial charge is 0.311 e. The maximum Gasteiger partial charge on any atom is 0.311 e. The fraction of sp³-hybridized carbons (Fsp3) is 0.692. The van der Waals surface area contributed by atoms with Crippen LogP contribution in [-0.2, 0) is 9.53 Å². The van der Waals surface area contributed by atoms with Gasteiger partial charge in [0.25, 0.3) is 0 Å². The molecular weight excluding hydrogens is 216 g/mol. The molecule has 1 unspecified atom stereocenters. The van der Waals surface area contributed by atoms with Crippen LogP contribution in [0.15, 0.2) is 16.8 Å². The van der Waals surface area contributed by atoms with Crippen molar-refractivity contribution in [3.05, 3.63) is 11.8 Å². The third kappa shape index (κ3) is 12.8. The first kappa shape index (κ1) is 18.2. The molecule has 0 radical (unpaired) electrons. The van der Waals surface area contributed by atoms with Crippen LogP contribution in [0.5, 0.6) is 0 Å². The van der Waals surface area contributed by atoms with Gasteiger partial charge in [0.1, 0.15) is 0 Å². The summed E-state index contributed by atoms with van der Waals surface area (Å²) in [5.74, 6) is 0.456. The van der Waals surface area contributed by atoms with Crippen molar-refractivity contribution in [2.45, 2.75) is 40.5 Å². The lowest BCUT2D eigenvalue weighted by Gasteiger charge is -2.00. The Morgan fingerprint density at radius 1 is 1.53 bits per heavy atom. The van der Waals surface area contributed by atoms with E-state index in [4.69, 9.17) is 10.5 Å². The van der Waals surface area contributed by atoms with Crippen molar-refractivity contribution in [3.63, 3.8) is 0 Å². The van der Waals surface area contributed by atoms with Crippen LogP contribution in [0.4, 0.5) is 0 Å². The van der Waals surface area contributed by atoms with E-state index in [1.807, 2.05) is 6.92 Å². The van der Waals surface area contributed by atoms with Gasteiger partial charge in [-0.05, 0) is 33.0 Å². The van der Waals surface area contributed by atoms with Crippen molar-refractivity contribution in [1.82, 2.24) is 0 Å². The van der Waals surface area contributed by atoms with E-state index in [0.717, 1.165) is 6.54 Å². The fourth-order valence-corrected chi connectivity index (χ4v) is 0.776. The topological polar surface area (TPSA) is 64.7 Å². The van der Waals surface area contributed by atoms with Crippen molar-refractivity contribution in [1.29, 1.82) is 0 Å². The number of carbonyl (C=O) groups excluding carboxylic acids is 1. The second kappa shape index (κ2) is 12.9. The summed E-state index contributed by atoms with van der Waals surface area (Å²) in [4.78, 5) is 14.5. The van der Waals surface area contributed by atoms with Crippen LogP contribution in [0.25, 0.3) is 0 Å². The Bertz CT molecular complexity index is 234. The second-order valence-electron chi connectivity index (χ2n) is 3.67. The highest BCUT2D eigenvalue weighted by Crippen LogP contribution is 2.02. The number of rotatable bonds is 6. The highest BCUT2D eigenvalue weighted by atomic mass is 16.5. The van der Waals surface area contributed by atoms with Gasteiger partial charge in [-0.15, -0.1) is 0 Å². The molecule has 0 aromatic carbocycles. The van der Waals surface area contributed by atoms with Crippen LogP contribution in [0.2, 0.25) is 0 Å². The molecule has 0 aliphatic rings. The Hall–Kier alpha value is -1.16. The molecule has 4 heteroatoms. The van der Waals surface area contributed by atoms with Gasteiger partial charge >= 0.3 is 5.97 Å². The molecule has 0 aromatic rings. The predicted octanol–water partition coefficient (Wildman–Crippen LogP) is 2.54. The van der Waals surface area contributed by atoms with E-state index >= 15 is 0 Å². The molecule has 0 heterocycles. The molecule has 1 atom stereocenters. The van der Waals surface area contributed by atoms with E-state index in [9.17, 15) is 4.79 Å². The summed E-state index contributed by atoms with van der Waals surface area (Å²) in [5.41, 5.74) is 5.94. The molecule has 17 heavy (non-hydrogen) atoms. The first-order chi connectivity index (χ1) is 8.05. The van der Waals surface area contributed by atoms with Gasteiger partial charge in [0.05, 0.1) is 13.0 Å². The first-order valence-corrected chi connectivity index (χ1v) is 6.03. The number of esters is 1. The van der Waals surface area contributed by atoms with Crippen LogP contribution in [-0.4, -0.2) is 25.8 Å². The third-order valence-corrected chi connectivity index (χ3v) is 2.27. The standard InChI is InChI=1S/C8H13NO2.C5H13N/c1-4-7(9-3)6-8(10)11-5-2;1-3-5(2)4-6/h4H,3,5-6H2,1-2H3;5H,3-4,6H2,1-2H3/b7-4-;. The first-order valence-electron chi connectivity index (χ1n) is 6.03. The van der Waals surface area contributed by atoms with Crippen molar-refractivity contribution in [2.75, 3.05) is 13.2 Å². The summed E-state index contributed by atoms with van der Waals surface area (Å²) < 4.78 is 4.71. The third-order valence-electron chi connectivity index (χ3n) is 2.27. The predicted molar refractivity (Wildman–Crippen MR) is 73.1 cm³/mol. The zero-order valence-corrected chi connectivity index (χ0v) is 11.5. The Kier molecular flexibility index (Phi) is 13.8. The lowest BCUT2D eigenvalue weighted by atomic mass is 10.1. The minimum absolute atomic E-state index is 0.216. The molecule has 2 N–H and O–H groups in total. The van der Waals surface area contributed by atoms with Crippen molar-refractivity contribution >= 4 is 12.7 Å². The quantitative estimate of drug-likeness (QED) is 0.575. The molecule has 4 nitrogen and oxygen atoms in total. The fourth-order valence-electron chi connectivity index (χ4n) is 0.776. The summed E-state index contributed by atoms with van der Waals surface area (Å²) >= 11 is 0. The normalized spacial score (nSPS) is 12.2. The number of allylic oxidation sites excluding steroid dienone is 1. The largest absolute Gasteiger partial charge is 0.466 e. The van der Waals surface area contributed by atoms with E-state index in [1.54, 1.807) is 13.0 Å². The average molecular weight is 242 g/mol. The number of nitrogens with zero attached hydrogens (tertiary/aromatic N) is 1. The van der Waals surface area contributed by atoms with Gasteiger partial charge in [-0.3, -0.25) is 9.79 Å². The van der Waals surface area contributed by atoms with Crippen molar-refractivity contribution in [3.8, 4) is 0 Å². The van der Waals surface area contributed by atoms with Gasteiger partial charge in [-0.25, -0.2) is 0 Å². The molecule has 0 aliphatic carbocycles. The van der Waals surface area contributed by atoms with Gasteiger partial charge in [0.15, 0.2) is 0 Å². The minimum atomic E-state index is -0.256. The van der Waals surface area contributed by atoms with Crippen LogP contribution in [0.3, 0.4) is 0 Å². The zero-order valence-electron chi connectivity index (χ0n) is 11.5. The summed E-state index contributed by atoms with van der Waals surface area (Å²) in [6, 6.07) is 0. The van der Waals surface area contributed by atoms with Crippen LogP contribution >= 0.6 is 0 Å². The van der Waals surface area contributed by atoms with Crippen LogP contribution < -0.4 is 5.73 Å². The zero-order chi connectivity index (χ0) is 13.7. The Labute approximate surface area is 105 Å². The Balaban J connectivity index is 0. The molecule has 0 bridgehead atoms. The highest BCUT2D eigenvalue weighted by molar-refractivity contribution is 5.72. The van der Waals surface area contributed by atoms with Crippen LogP contribution in [0.1, 0.15) is 40.5 Å². The van der Waals surface area contributed by atoms with E-state index in [2.05, 4.69) is 25.6 Å². The molecule has 0 fully saturated rings. The molecule has 0 aliphatic heterocycles. The van der Waals surface area contributed by atoms with Gasteiger partial charge in [0, 0.05) is 5.70 Å². The van der Waals surface area contributed by atoms with Crippen LogP contribution in [0, 0.1) is 5.92 Å². The number of nitrogens with two attached hydrogens (primary N) is 1. The number of aliphatic imine (C=N–C) groups is 1. The molecule has 0 saturated carbocycles. The molecular formula is C13H26N2O2. The maximum absolute atomic E-state index is 10.8. The number of hydrogen-bond donors (Lipinski definition) is 1. The molecule has 0 amide bonds. The number of ether oxygens (including phenoxy) is 1. The van der Waals surface area contributed by atoms with Gasteiger partial charge in [-0.1, -0.05) is 26.3 Å². The minimum Gasteiger partial charge on any atom is -0.466 e. The van der Waals surface area contributed by atoms with Crippen molar-refractivity contribution in [2.24, 2.45) is 16.6 Å². The van der Waals surface area contributed by atoms with E-state index in [1.165, 1.54) is 6.42 Å². The summed E-state index contributed by atoms with van der Waals surface area (Å²) in [6.07, 6.45) is 3.16. The van der Waals surface area contributed by atoms with Gasteiger partial charge in [-0.2, -0.15) is 0 Å². The van der Waals surface area contributed by atoms with Gasteiger partial charge in [0.2, 0.25) is 0 Å². The maximum atomic E-state index is 10.8. The average Bonchev–Trinajstić information content (AvgIpc) is 2.36. The number of carbonyl (C=O) groups is 1. The number of hydrogen-bond acceptors (Lipinski definition) is 4. The molecule has 0 saturated heterocycles. The van der Waals surface area contributed by atoms with E-state index < -0.39 is 0 Å². The molecule has 0 aromatic heterocycles. The monoisotopic (exact) mass is 242 g/mol.